The van der Waals surface area contributed by atoms with Gasteiger partial charge in [-0.3, -0.25) is 9.59 Å². The number of carbonyl (C=O) groups excluding carboxylic acids is 2. The van der Waals surface area contributed by atoms with Gasteiger partial charge in [0.25, 0.3) is 0 Å². The molecule has 1 aliphatic carbocycles. The molecule has 7 N–H and O–H groups in total. The second-order valence-corrected chi connectivity index (χ2v) is 8.57. The maximum Gasteiger partial charge on any atom is 0.335 e. The number of esters is 2. The zero-order chi connectivity index (χ0) is 26.6. The van der Waals surface area contributed by atoms with Gasteiger partial charge in [-0.05, 0) is 30.7 Å². The van der Waals surface area contributed by atoms with Crippen molar-refractivity contribution in [2.75, 3.05) is 0 Å². The van der Waals surface area contributed by atoms with Crippen LogP contribution in [0.2, 0.25) is 0 Å². The van der Waals surface area contributed by atoms with Gasteiger partial charge in [0.15, 0.2) is 23.2 Å². The molecule has 13 nitrogen and oxygen atoms in total. The molecule has 5 atom stereocenters. The Balaban J connectivity index is 2.19. The van der Waals surface area contributed by atoms with E-state index in [-0.39, 0.29) is 11.3 Å². The van der Waals surface area contributed by atoms with E-state index in [2.05, 4.69) is 0 Å². The van der Waals surface area contributed by atoms with Gasteiger partial charge in [-0.15, -0.1) is 0 Å². The fourth-order valence-electron chi connectivity index (χ4n) is 3.57. The van der Waals surface area contributed by atoms with Crippen LogP contribution in [0.3, 0.4) is 0 Å². The Morgan fingerprint density at radius 2 is 1.74 bits per heavy atom. The van der Waals surface area contributed by atoms with Crippen molar-refractivity contribution in [1.82, 2.24) is 0 Å². The number of rotatable bonds is 9. The van der Waals surface area contributed by atoms with Crippen LogP contribution in [0.5, 0.6) is 11.5 Å². The van der Waals surface area contributed by atoms with Gasteiger partial charge in [-0.2, -0.15) is 0 Å². The number of carbonyl (C=O) groups is 4. The van der Waals surface area contributed by atoms with Crippen LogP contribution in [0.25, 0.3) is 6.08 Å². The van der Waals surface area contributed by atoms with Crippen molar-refractivity contribution in [1.29, 1.82) is 0 Å². The summed E-state index contributed by atoms with van der Waals surface area (Å²) < 4.78 is 10.2. The summed E-state index contributed by atoms with van der Waals surface area (Å²) in [5.74, 6) is -6.16. The van der Waals surface area contributed by atoms with Crippen LogP contribution in [0, 0.1) is 0 Å². The molecule has 13 heteroatoms. The largest absolute Gasteiger partial charge is 0.504 e. The maximum absolute atomic E-state index is 12.3. The van der Waals surface area contributed by atoms with E-state index in [1.54, 1.807) is 0 Å². The van der Waals surface area contributed by atoms with Crippen LogP contribution < -0.4 is 0 Å². The molecule has 1 fully saturated rings. The summed E-state index contributed by atoms with van der Waals surface area (Å²) in [5.41, 5.74) is -4.21. The third-order valence-electron chi connectivity index (χ3n) is 5.23. The average molecular weight is 498 g/mol. The van der Waals surface area contributed by atoms with Crippen LogP contribution in [-0.4, -0.2) is 89.1 Å². The molecular formula is C22H26O13. The standard InChI is InChI=1S/C22H26O13/c1-21(32,9-16(26)27)10-18(29)35-19-14(25)7-22(33,20(30)31)8-15(19)34-17(28)5-3-11-2-4-12(23)13(24)6-11/h2-6,14-15,19,23-25,32-33H,7-10H2,1H3,(H,26,27)(H,30,31)/b5-3+/t14-,15-,19+,21?,22-/m1/s1. The molecule has 1 saturated carbocycles. The highest BCUT2D eigenvalue weighted by atomic mass is 16.6. The van der Waals surface area contributed by atoms with E-state index < -0.39 is 84.8 Å². The molecule has 0 aliphatic heterocycles. The van der Waals surface area contributed by atoms with E-state index in [4.69, 9.17) is 14.6 Å². The minimum atomic E-state index is -2.51. The predicted octanol–water partition coefficient (Wildman–Crippen LogP) is -0.479. The molecule has 192 valence electrons. The smallest absolute Gasteiger partial charge is 0.335 e. The highest BCUT2D eigenvalue weighted by molar-refractivity contribution is 5.87. The van der Waals surface area contributed by atoms with Gasteiger partial charge >= 0.3 is 23.9 Å². The van der Waals surface area contributed by atoms with Gasteiger partial charge in [0.2, 0.25) is 0 Å². The van der Waals surface area contributed by atoms with E-state index in [1.165, 1.54) is 18.2 Å². The normalized spacial score (nSPS) is 26.0. The number of benzene rings is 1. The van der Waals surface area contributed by atoms with Crippen LogP contribution in [0.15, 0.2) is 24.3 Å². The Labute approximate surface area is 198 Å². The molecule has 1 aromatic rings. The Hall–Kier alpha value is -3.68. The molecule has 0 saturated heterocycles. The van der Waals surface area contributed by atoms with Gasteiger partial charge in [0, 0.05) is 18.9 Å². The minimum absolute atomic E-state index is 0.284. The Kier molecular flexibility index (Phi) is 8.44. The minimum Gasteiger partial charge on any atom is -0.504 e. The van der Waals surface area contributed by atoms with E-state index >= 15 is 0 Å². The van der Waals surface area contributed by atoms with Gasteiger partial charge in [0.1, 0.15) is 6.10 Å². The number of hydrogen-bond donors (Lipinski definition) is 7. The number of aliphatic hydroxyl groups is 3. The molecule has 0 amide bonds. The first-order valence-corrected chi connectivity index (χ1v) is 10.3. The van der Waals surface area contributed by atoms with Crippen LogP contribution in [0.1, 0.15) is 38.2 Å². The first-order chi connectivity index (χ1) is 16.1. The summed E-state index contributed by atoms with van der Waals surface area (Å²) in [6.45, 7) is 1.08. The third-order valence-corrected chi connectivity index (χ3v) is 5.23. The predicted molar refractivity (Wildman–Crippen MR) is 114 cm³/mol. The highest BCUT2D eigenvalue weighted by Gasteiger charge is 2.52. The molecule has 0 bridgehead atoms. The van der Waals surface area contributed by atoms with Crippen LogP contribution in [-0.2, 0) is 28.7 Å². The van der Waals surface area contributed by atoms with E-state index in [0.29, 0.717) is 0 Å². The number of carboxylic acids is 2. The average Bonchev–Trinajstić information content (AvgIpc) is 2.70. The topological polar surface area (TPSA) is 228 Å². The van der Waals surface area contributed by atoms with E-state index in [0.717, 1.165) is 19.1 Å². The summed E-state index contributed by atoms with van der Waals surface area (Å²) in [4.78, 5) is 46.9. The van der Waals surface area contributed by atoms with Gasteiger partial charge in [-0.1, -0.05) is 6.07 Å². The number of hydrogen-bond acceptors (Lipinski definition) is 11. The first kappa shape index (κ1) is 27.6. The lowest BCUT2D eigenvalue weighted by Gasteiger charge is -2.41. The van der Waals surface area contributed by atoms with E-state index in [1.807, 2.05) is 0 Å². The lowest BCUT2D eigenvalue weighted by Crippen LogP contribution is -2.58. The molecule has 1 aliphatic rings. The van der Waals surface area contributed by atoms with Crippen molar-refractivity contribution in [3.8, 4) is 11.5 Å². The number of phenolic OH excluding ortho intramolecular Hbond substituents is 2. The van der Waals surface area contributed by atoms with Crippen molar-refractivity contribution in [3.05, 3.63) is 29.8 Å². The second-order valence-electron chi connectivity index (χ2n) is 8.57. The molecule has 1 unspecified atom stereocenters. The molecule has 2 rings (SSSR count). The number of aliphatic carboxylic acids is 2. The number of aliphatic hydroxyl groups excluding tert-OH is 1. The maximum atomic E-state index is 12.3. The lowest BCUT2D eigenvalue weighted by atomic mass is 9.79. The fourth-order valence-corrected chi connectivity index (χ4v) is 3.57. The number of carboxylic acid groups (broad SMARTS) is 2. The first-order valence-electron chi connectivity index (χ1n) is 10.3. The Morgan fingerprint density at radius 1 is 1.09 bits per heavy atom. The molecule has 0 heterocycles. The van der Waals surface area contributed by atoms with Gasteiger partial charge in [0.05, 0.1) is 24.5 Å². The summed E-state index contributed by atoms with van der Waals surface area (Å²) in [6.07, 6.45) is -6.06. The number of aromatic hydroxyl groups is 2. The lowest BCUT2D eigenvalue weighted by molar-refractivity contribution is -0.208. The van der Waals surface area contributed by atoms with Crippen molar-refractivity contribution < 1.29 is 64.4 Å². The van der Waals surface area contributed by atoms with Crippen molar-refractivity contribution in [2.45, 2.75) is 62.1 Å². The van der Waals surface area contributed by atoms with Crippen molar-refractivity contribution in [2.24, 2.45) is 0 Å². The quantitative estimate of drug-likeness (QED) is 0.130. The van der Waals surface area contributed by atoms with Crippen LogP contribution >= 0.6 is 0 Å². The van der Waals surface area contributed by atoms with Crippen LogP contribution in [0.4, 0.5) is 0 Å². The number of phenols is 2. The van der Waals surface area contributed by atoms with Gasteiger partial charge < -0.3 is 45.2 Å². The second kappa shape index (κ2) is 10.7. The fraction of sp³-hybridized carbons (Fsp3) is 0.455. The van der Waals surface area contributed by atoms with Gasteiger partial charge in [-0.25, -0.2) is 9.59 Å². The molecular weight excluding hydrogens is 472 g/mol. The van der Waals surface area contributed by atoms with Crippen molar-refractivity contribution >= 4 is 30.0 Å². The molecule has 35 heavy (non-hydrogen) atoms. The molecule has 1 aromatic carbocycles. The monoisotopic (exact) mass is 498 g/mol. The summed E-state index contributed by atoms with van der Waals surface area (Å²) in [6, 6.07) is 3.67. The van der Waals surface area contributed by atoms with E-state index in [9.17, 15) is 49.8 Å². The zero-order valence-corrected chi connectivity index (χ0v) is 18.5. The third kappa shape index (κ3) is 7.67. The summed E-state index contributed by atoms with van der Waals surface area (Å²) >= 11 is 0. The molecule has 0 spiro atoms. The number of ether oxygens (including phenoxy) is 2. The summed E-state index contributed by atoms with van der Waals surface area (Å²) in [7, 11) is 0. The molecule has 0 aromatic heterocycles. The molecule has 0 radical (unpaired) electrons. The Morgan fingerprint density at radius 3 is 2.31 bits per heavy atom. The SMILES string of the molecule is CC(O)(CC(=O)O)CC(=O)O[C@H]1[C@H](O)C[C@](O)(C(=O)O)C[C@H]1OC(=O)/C=C/c1ccc(O)c(O)c1. The Bertz CT molecular complexity index is 1010. The zero-order valence-electron chi connectivity index (χ0n) is 18.5. The van der Waals surface area contributed by atoms with Crippen molar-refractivity contribution in [3.63, 3.8) is 0 Å². The summed E-state index contributed by atoms with van der Waals surface area (Å²) in [5, 5.41) is 67.7. The highest BCUT2D eigenvalue weighted by Crippen LogP contribution is 2.34.